The third kappa shape index (κ3) is 3.35. The molecule has 0 bridgehead atoms. The first-order valence-electron chi connectivity index (χ1n) is 9.98. The van der Waals surface area contributed by atoms with Crippen molar-refractivity contribution in [1.29, 1.82) is 0 Å². The third-order valence-corrected chi connectivity index (χ3v) is 6.42. The van der Waals surface area contributed by atoms with Gasteiger partial charge < -0.3 is 19.3 Å². The Morgan fingerprint density at radius 1 is 1.21 bits per heavy atom. The summed E-state index contributed by atoms with van der Waals surface area (Å²) in [5.74, 6) is 1.33. The predicted molar refractivity (Wildman–Crippen MR) is 91.8 cm³/mol. The molecular formula is C19H32N2O3. The largest absolute Gasteiger partial charge is 0.373 e. The van der Waals surface area contributed by atoms with Crippen molar-refractivity contribution >= 4 is 5.91 Å². The number of ether oxygens (including phenoxy) is 2. The molecular weight excluding hydrogens is 304 g/mol. The number of fused-ring (bicyclic) bond motifs is 1. The fourth-order valence-corrected chi connectivity index (χ4v) is 4.99. The van der Waals surface area contributed by atoms with Crippen LogP contribution < -0.4 is 0 Å². The van der Waals surface area contributed by atoms with Crippen LogP contribution in [0.1, 0.15) is 45.4 Å². The van der Waals surface area contributed by atoms with Crippen LogP contribution in [0.3, 0.4) is 0 Å². The second-order valence-electron chi connectivity index (χ2n) is 8.27. The zero-order valence-corrected chi connectivity index (χ0v) is 15.0. The van der Waals surface area contributed by atoms with Crippen molar-refractivity contribution in [2.75, 3.05) is 39.4 Å². The molecule has 0 N–H and O–H groups in total. The van der Waals surface area contributed by atoms with Crippen molar-refractivity contribution in [3.63, 3.8) is 0 Å². The lowest BCUT2D eigenvalue weighted by molar-refractivity contribution is -0.143. The first-order valence-corrected chi connectivity index (χ1v) is 9.98. The van der Waals surface area contributed by atoms with Crippen molar-refractivity contribution in [2.45, 2.75) is 63.7 Å². The average Bonchev–Trinajstić information content (AvgIpc) is 3.20. The molecule has 0 aromatic rings. The predicted octanol–water partition coefficient (Wildman–Crippen LogP) is 1.90. The van der Waals surface area contributed by atoms with E-state index in [2.05, 4.69) is 16.7 Å². The van der Waals surface area contributed by atoms with Crippen LogP contribution in [0.25, 0.3) is 0 Å². The van der Waals surface area contributed by atoms with Crippen LogP contribution in [0.4, 0.5) is 0 Å². The Bertz CT molecular complexity index is 446. The number of hydrogen-bond acceptors (Lipinski definition) is 4. The zero-order valence-electron chi connectivity index (χ0n) is 15.0. The molecule has 0 aromatic carbocycles. The molecule has 0 aromatic heterocycles. The Labute approximate surface area is 145 Å². The van der Waals surface area contributed by atoms with Gasteiger partial charge in [0.2, 0.25) is 5.91 Å². The molecule has 24 heavy (non-hydrogen) atoms. The molecule has 0 spiro atoms. The SMILES string of the molecule is CC1CC(C(=O)N2C[C@H](OCCN3CCCC3)[C@H]3OCCC[C@H]32)C1. The van der Waals surface area contributed by atoms with E-state index in [0.29, 0.717) is 11.8 Å². The maximum Gasteiger partial charge on any atom is 0.226 e. The maximum atomic E-state index is 12.9. The van der Waals surface area contributed by atoms with Crippen LogP contribution in [0, 0.1) is 11.8 Å². The van der Waals surface area contributed by atoms with Crippen molar-refractivity contribution < 1.29 is 14.3 Å². The van der Waals surface area contributed by atoms with Gasteiger partial charge in [-0.1, -0.05) is 6.92 Å². The molecule has 4 rings (SSSR count). The molecule has 4 fully saturated rings. The van der Waals surface area contributed by atoms with Gasteiger partial charge in [-0.2, -0.15) is 0 Å². The molecule has 0 unspecified atom stereocenters. The van der Waals surface area contributed by atoms with E-state index in [9.17, 15) is 4.79 Å². The lowest BCUT2D eigenvalue weighted by Gasteiger charge is -2.38. The molecule has 5 nitrogen and oxygen atoms in total. The molecule has 5 heteroatoms. The summed E-state index contributed by atoms with van der Waals surface area (Å²) in [5.41, 5.74) is 0. The van der Waals surface area contributed by atoms with Gasteiger partial charge in [-0.15, -0.1) is 0 Å². The number of likely N-dealkylation sites (tertiary alicyclic amines) is 2. The molecule has 3 saturated heterocycles. The Morgan fingerprint density at radius 3 is 2.75 bits per heavy atom. The van der Waals surface area contributed by atoms with E-state index in [-0.39, 0.29) is 24.2 Å². The smallest absolute Gasteiger partial charge is 0.226 e. The van der Waals surface area contributed by atoms with E-state index in [4.69, 9.17) is 9.47 Å². The molecule has 1 amide bonds. The van der Waals surface area contributed by atoms with Gasteiger partial charge in [-0.3, -0.25) is 4.79 Å². The zero-order chi connectivity index (χ0) is 16.5. The highest BCUT2D eigenvalue weighted by Crippen LogP contribution is 2.38. The summed E-state index contributed by atoms with van der Waals surface area (Å²) in [6.45, 7) is 7.99. The highest BCUT2D eigenvalue weighted by atomic mass is 16.5. The molecule has 0 radical (unpaired) electrons. The number of amides is 1. The second kappa shape index (κ2) is 7.30. The molecule has 1 saturated carbocycles. The minimum atomic E-state index is 0.0688. The fourth-order valence-electron chi connectivity index (χ4n) is 4.99. The van der Waals surface area contributed by atoms with E-state index < -0.39 is 0 Å². The Hall–Kier alpha value is -0.650. The number of rotatable bonds is 5. The van der Waals surface area contributed by atoms with Crippen LogP contribution in [-0.2, 0) is 14.3 Å². The number of nitrogens with zero attached hydrogens (tertiary/aromatic N) is 2. The van der Waals surface area contributed by atoms with Gasteiger partial charge in [0.05, 0.1) is 12.6 Å². The quantitative estimate of drug-likeness (QED) is 0.769. The molecule has 3 heterocycles. The highest BCUT2D eigenvalue weighted by Gasteiger charge is 2.49. The van der Waals surface area contributed by atoms with Gasteiger partial charge in [0.15, 0.2) is 0 Å². The summed E-state index contributed by atoms with van der Waals surface area (Å²) in [6, 6.07) is 0.249. The van der Waals surface area contributed by atoms with Gasteiger partial charge >= 0.3 is 0 Å². The topological polar surface area (TPSA) is 42.0 Å². The van der Waals surface area contributed by atoms with Crippen LogP contribution in [0.15, 0.2) is 0 Å². The van der Waals surface area contributed by atoms with Crippen LogP contribution in [0.5, 0.6) is 0 Å². The Balaban J connectivity index is 1.33. The molecule has 4 aliphatic rings. The summed E-state index contributed by atoms with van der Waals surface area (Å²) in [4.78, 5) is 17.5. The Kier molecular flexibility index (Phi) is 5.11. The van der Waals surface area contributed by atoms with Crippen molar-refractivity contribution in [1.82, 2.24) is 9.80 Å². The summed E-state index contributed by atoms with van der Waals surface area (Å²) >= 11 is 0. The highest BCUT2D eigenvalue weighted by molar-refractivity contribution is 5.80. The first-order chi connectivity index (χ1) is 11.7. The van der Waals surface area contributed by atoms with Gasteiger partial charge in [0, 0.05) is 25.6 Å². The molecule has 3 atom stereocenters. The van der Waals surface area contributed by atoms with Crippen LogP contribution >= 0.6 is 0 Å². The lowest BCUT2D eigenvalue weighted by atomic mass is 9.75. The maximum absolute atomic E-state index is 12.9. The summed E-state index contributed by atoms with van der Waals surface area (Å²) in [5, 5.41) is 0. The van der Waals surface area contributed by atoms with E-state index >= 15 is 0 Å². The fraction of sp³-hybridized carbons (Fsp3) is 0.947. The van der Waals surface area contributed by atoms with Crippen LogP contribution in [0.2, 0.25) is 0 Å². The summed E-state index contributed by atoms with van der Waals surface area (Å²) in [7, 11) is 0. The van der Waals surface area contributed by atoms with Crippen molar-refractivity contribution in [3.8, 4) is 0 Å². The molecule has 3 aliphatic heterocycles. The van der Waals surface area contributed by atoms with E-state index in [1.807, 2.05) is 0 Å². The standard InChI is InChI=1S/C19H32N2O3/c1-14-11-15(12-14)19(22)21-13-17(18-16(21)5-4-9-24-18)23-10-8-20-6-2-3-7-20/h14-18H,2-13H2,1H3/t14?,15?,16-,17+,18+/m1/s1. The molecule has 136 valence electrons. The monoisotopic (exact) mass is 336 g/mol. The first kappa shape index (κ1) is 16.8. The Morgan fingerprint density at radius 2 is 2.00 bits per heavy atom. The third-order valence-electron chi connectivity index (χ3n) is 6.42. The van der Waals surface area contributed by atoms with E-state index in [0.717, 1.165) is 52.0 Å². The average molecular weight is 336 g/mol. The minimum absolute atomic E-state index is 0.0688. The van der Waals surface area contributed by atoms with Gasteiger partial charge in [0.25, 0.3) is 0 Å². The van der Waals surface area contributed by atoms with Gasteiger partial charge in [-0.25, -0.2) is 0 Å². The van der Waals surface area contributed by atoms with E-state index in [1.54, 1.807) is 0 Å². The minimum Gasteiger partial charge on any atom is -0.373 e. The van der Waals surface area contributed by atoms with Gasteiger partial charge in [-0.05, 0) is 57.5 Å². The normalized spacial score (nSPS) is 39.7. The molecule has 1 aliphatic carbocycles. The van der Waals surface area contributed by atoms with Crippen LogP contribution in [-0.4, -0.2) is 73.3 Å². The summed E-state index contributed by atoms with van der Waals surface area (Å²) < 4.78 is 12.2. The summed E-state index contributed by atoms with van der Waals surface area (Å²) in [6.07, 6.45) is 7.07. The van der Waals surface area contributed by atoms with Crippen molar-refractivity contribution in [2.24, 2.45) is 11.8 Å². The second-order valence-corrected chi connectivity index (χ2v) is 8.27. The lowest BCUT2D eigenvalue weighted by Crippen LogP contribution is -2.47. The van der Waals surface area contributed by atoms with Gasteiger partial charge in [0.1, 0.15) is 12.2 Å². The number of hydrogen-bond donors (Lipinski definition) is 0. The van der Waals surface area contributed by atoms with E-state index in [1.165, 1.54) is 25.9 Å². The van der Waals surface area contributed by atoms with Crippen molar-refractivity contribution in [3.05, 3.63) is 0 Å². The number of carbonyl (C=O) groups excluding carboxylic acids is 1. The number of carbonyl (C=O) groups is 1.